The highest BCUT2D eigenvalue weighted by Gasteiger charge is 2.17. The first-order chi connectivity index (χ1) is 8.61. The van der Waals surface area contributed by atoms with Crippen LogP contribution in [0.15, 0.2) is 22.2 Å². The second-order valence-corrected chi connectivity index (χ2v) is 4.29. The number of amides is 1. The number of nitrogens with one attached hydrogen (secondary N) is 3. The second kappa shape index (κ2) is 5.05. The molecule has 0 radical (unpaired) electrons. The molecule has 1 amide bonds. The lowest BCUT2D eigenvalue weighted by Crippen LogP contribution is -2.21. The highest BCUT2D eigenvalue weighted by Crippen LogP contribution is 2.19. The van der Waals surface area contributed by atoms with Gasteiger partial charge in [-0.05, 0) is 13.2 Å². The van der Waals surface area contributed by atoms with Crippen LogP contribution in [-0.2, 0) is 0 Å². The van der Waals surface area contributed by atoms with Crippen molar-refractivity contribution in [1.82, 2.24) is 20.2 Å². The minimum absolute atomic E-state index is 0.331. The van der Waals surface area contributed by atoms with Crippen molar-refractivity contribution in [2.75, 3.05) is 11.6 Å². The fourth-order valence-corrected chi connectivity index (χ4v) is 2.11. The zero-order chi connectivity index (χ0) is 13.1. The number of carbonyl (C=O) groups excluding carboxylic acids is 1. The fraction of sp³-hybridized carbons (Fsp3) is 0.200. The molecule has 0 saturated carbocycles. The van der Waals surface area contributed by atoms with Crippen molar-refractivity contribution >= 4 is 23.4 Å². The van der Waals surface area contributed by atoms with E-state index in [1.807, 2.05) is 0 Å². The molecule has 3 N–H and O–H groups in total. The molecule has 0 aliphatic rings. The van der Waals surface area contributed by atoms with Crippen molar-refractivity contribution in [2.45, 2.75) is 11.9 Å². The fourth-order valence-electron chi connectivity index (χ4n) is 1.49. The van der Waals surface area contributed by atoms with Crippen LogP contribution in [0.2, 0.25) is 0 Å². The Bertz CT molecular complexity index is 620. The Labute approximate surface area is 106 Å². The maximum absolute atomic E-state index is 12.1. The van der Waals surface area contributed by atoms with Crippen LogP contribution in [0.3, 0.4) is 0 Å². The van der Waals surface area contributed by atoms with Crippen LogP contribution >= 0.6 is 11.8 Å². The summed E-state index contributed by atoms with van der Waals surface area (Å²) in [4.78, 5) is 29.6. The van der Waals surface area contributed by atoms with Crippen LogP contribution in [0.1, 0.15) is 16.1 Å². The lowest BCUT2D eigenvalue weighted by Gasteiger charge is -2.08. The third-order valence-corrected chi connectivity index (χ3v) is 2.95. The number of aromatic nitrogens is 4. The number of aromatic amines is 2. The summed E-state index contributed by atoms with van der Waals surface area (Å²) in [5.74, 6) is -0.331. The highest BCUT2D eigenvalue weighted by atomic mass is 32.2. The Morgan fingerprint density at radius 2 is 2.28 bits per heavy atom. The number of nitrogens with zero attached hydrogens (tertiary/aromatic N) is 2. The van der Waals surface area contributed by atoms with E-state index >= 15 is 0 Å². The molecule has 18 heavy (non-hydrogen) atoms. The molecule has 0 saturated heterocycles. The first-order valence-corrected chi connectivity index (χ1v) is 6.29. The van der Waals surface area contributed by atoms with E-state index in [0.717, 1.165) is 0 Å². The van der Waals surface area contributed by atoms with Crippen molar-refractivity contribution in [2.24, 2.45) is 0 Å². The topological polar surface area (TPSA) is 104 Å². The van der Waals surface area contributed by atoms with E-state index in [9.17, 15) is 9.59 Å². The minimum atomic E-state index is -0.461. The molecule has 2 heterocycles. The summed E-state index contributed by atoms with van der Waals surface area (Å²) in [5.41, 5.74) is 0.943. The van der Waals surface area contributed by atoms with Crippen molar-refractivity contribution < 1.29 is 4.79 Å². The smallest absolute Gasteiger partial charge is 0.319 e. The Kier molecular flexibility index (Phi) is 3.47. The Hall–Kier alpha value is -2.09. The standard InChI is InChI=1S/C10H11N5O2S/c1-5-7(9(18-2)15-10(17)13-5)8(16)14-6-3-11-12-4-6/h3-4H,1-2H3,(H,11,12)(H,14,16)(H,13,15,17). The van der Waals surface area contributed by atoms with Gasteiger partial charge < -0.3 is 10.3 Å². The number of H-pyrrole nitrogens is 2. The first kappa shape index (κ1) is 12.4. The summed E-state index contributed by atoms with van der Waals surface area (Å²) in [6, 6.07) is 0. The van der Waals surface area contributed by atoms with Gasteiger partial charge in [-0.2, -0.15) is 10.1 Å². The summed E-state index contributed by atoms with van der Waals surface area (Å²) >= 11 is 1.25. The molecule has 2 aromatic rings. The number of carbonyl (C=O) groups is 1. The average molecular weight is 265 g/mol. The monoisotopic (exact) mass is 265 g/mol. The normalized spacial score (nSPS) is 10.3. The van der Waals surface area contributed by atoms with Gasteiger partial charge in [-0.3, -0.25) is 9.89 Å². The van der Waals surface area contributed by atoms with Gasteiger partial charge in [0.05, 0.1) is 17.4 Å². The number of aryl methyl sites for hydroxylation is 1. The Morgan fingerprint density at radius 3 is 2.89 bits per heavy atom. The van der Waals surface area contributed by atoms with Gasteiger partial charge in [-0.15, -0.1) is 11.8 Å². The van der Waals surface area contributed by atoms with Crippen LogP contribution in [0.25, 0.3) is 0 Å². The zero-order valence-electron chi connectivity index (χ0n) is 9.77. The molecular formula is C10H11N5O2S. The molecule has 0 unspecified atom stereocenters. The zero-order valence-corrected chi connectivity index (χ0v) is 10.6. The molecule has 2 rings (SSSR count). The molecular weight excluding hydrogens is 254 g/mol. The maximum atomic E-state index is 12.1. The van der Waals surface area contributed by atoms with Crippen LogP contribution in [-0.4, -0.2) is 32.3 Å². The average Bonchev–Trinajstić information content (AvgIpc) is 2.80. The summed E-state index contributed by atoms with van der Waals surface area (Å²) < 4.78 is 0. The van der Waals surface area contributed by atoms with Crippen LogP contribution < -0.4 is 11.0 Å². The van der Waals surface area contributed by atoms with Crippen LogP contribution in [0, 0.1) is 6.92 Å². The van der Waals surface area contributed by atoms with Crippen LogP contribution in [0.4, 0.5) is 5.69 Å². The Morgan fingerprint density at radius 1 is 1.50 bits per heavy atom. The lowest BCUT2D eigenvalue weighted by molar-refractivity contribution is 0.102. The van der Waals surface area contributed by atoms with Gasteiger partial charge in [0.15, 0.2) is 0 Å². The second-order valence-electron chi connectivity index (χ2n) is 3.49. The highest BCUT2D eigenvalue weighted by molar-refractivity contribution is 7.98. The number of rotatable bonds is 3. The predicted molar refractivity (Wildman–Crippen MR) is 67.9 cm³/mol. The lowest BCUT2D eigenvalue weighted by atomic mass is 10.2. The number of thioether (sulfide) groups is 1. The van der Waals surface area contributed by atoms with Gasteiger partial charge >= 0.3 is 5.69 Å². The van der Waals surface area contributed by atoms with E-state index in [-0.39, 0.29) is 5.91 Å². The number of hydrogen-bond donors (Lipinski definition) is 3. The quantitative estimate of drug-likeness (QED) is 0.562. The predicted octanol–water partition coefficient (Wildman–Crippen LogP) is 0.776. The molecule has 0 atom stereocenters. The third kappa shape index (κ3) is 2.43. The van der Waals surface area contributed by atoms with E-state index in [1.54, 1.807) is 19.4 Å². The van der Waals surface area contributed by atoms with Crippen LogP contribution in [0.5, 0.6) is 0 Å². The minimum Gasteiger partial charge on any atom is -0.319 e. The van der Waals surface area contributed by atoms with Crippen molar-refractivity contribution in [3.8, 4) is 0 Å². The van der Waals surface area contributed by atoms with Gasteiger partial charge in [0.2, 0.25) is 0 Å². The molecule has 0 fully saturated rings. The maximum Gasteiger partial charge on any atom is 0.346 e. The molecule has 2 aromatic heterocycles. The molecule has 0 aliphatic carbocycles. The molecule has 0 aliphatic heterocycles. The molecule has 94 valence electrons. The summed E-state index contributed by atoms with van der Waals surface area (Å²) in [6.07, 6.45) is 4.81. The van der Waals surface area contributed by atoms with Crippen molar-refractivity contribution in [3.63, 3.8) is 0 Å². The van der Waals surface area contributed by atoms with Gasteiger partial charge in [0.25, 0.3) is 5.91 Å². The SMILES string of the molecule is CSc1nc(=O)[nH]c(C)c1C(=O)Nc1cn[nH]c1. The van der Waals surface area contributed by atoms with E-state index in [1.165, 1.54) is 18.0 Å². The summed E-state index contributed by atoms with van der Waals surface area (Å²) in [7, 11) is 0. The number of hydrogen-bond acceptors (Lipinski definition) is 5. The van der Waals surface area contributed by atoms with Crippen molar-refractivity contribution in [3.05, 3.63) is 34.1 Å². The van der Waals surface area contributed by atoms with E-state index in [2.05, 4.69) is 25.5 Å². The molecule has 0 spiro atoms. The van der Waals surface area contributed by atoms with Gasteiger partial charge in [-0.25, -0.2) is 4.79 Å². The third-order valence-electron chi connectivity index (χ3n) is 2.26. The number of anilines is 1. The molecule has 0 bridgehead atoms. The molecule has 0 aromatic carbocycles. The van der Waals surface area contributed by atoms with Gasteiger partial charge in [-0.1, -0.05) is 0 Å². The summed E-state index contributed by atoms with van der Waals surface area (Å²) in [5, 5.41) is 9.39. The first-order valence-electron chi connectivity index (χ1n) is 5.07. The van der Waals surface area contributed by atoms with E-state index < -0.39 is 5.69 Å². The Balaban J connectivity index is 2.38. The van der Waals surface area contributed by atoms with Gasteiger partial charge in [0.1, 0.15) is 5.03 Å². The molecule has 8 heteroatoms. The summed E-state index contributed by atoms with van der Waals surface area (Å²) in [6.45, 7) is 1.66. The van der Waals surface area contributed by atoms with Crippen molar-refractivity contribution in [1.29, 1.82) is 0 Å². The van der Waals surface area contributed by atoms with Gasteiger partial charge in [0, 0.05) is 11.9 Å². The van der Waals surface area contributed by atoms with E-state index in [0.29, 0.717) is 22.0 Å². The largest absolute Gasteiger partial charge is 0.346 e. The molecule has 7 nitrogen and oxygen atoms in total. The van der Waals surface area contributed by atoms with E-state index in [4.69, 9.17) is 0 Å².